The third-order valence-corrected chi connectivity index (χ3v) is 3.92. The Balaban J connectivity index is 1.86. The predicted octanol–water partition coefficient (Wildman–Crippen LogP) is 1.29. The maximum atomic E-state index is 12.3. The summed E-state index contributed by atoms with van der Waals surface area (Å²) >= 11 is 0. The number of amides is 1. The number of hydrogen-bond acceptors (Lipinski definition) is 4. The average molecular weight is 287 g/mol. The summed E-state index contributed by atoms with van der Waals surface area (Å²) in [5.41, 5.74) is 0.994. The topological polar surface area (TPSA) is 56.6 Å². The SMILES string of the molecule is COc1ccc(CC(=O)N2CCN(C(C)C#N)CC2)cc1. The first-order valence-corrected chi connectivity index (χ1v) is 7.18. The highest BCUT2D eigenvalue weighted by atomic mass is 16.5. The molecule has 1 unspecified atom stereocenters. The van der Waals surface area contributed by atoms with Gasteiger partial charge in [-0.2, -0.15) is 5.26 Å². The zero-order chi connectivity index (χ0) is 15.2. The van der Waals surface area contributed by atoms with Crippen LogP contribution in [0.4, 0.5) is 0 Å². The van der Waals surface area contributed by atoms with Crippen LogP contribution in [-0.4, -0.2) is 55.0 Å². The van der Waals surface area contributed by atoms with Crippen molar-refractivity contribution in [2.75, 3.05) is 33.3 Å². The normalized spacial score (nSPS) is 17.1. The fraction of sp³-hybridized carbons (Fsp3) is 0.500. The quantitative estimate of drug-likeness (QED) is 0.837. The van der Waals surface area contributed by atoms with Crippen molar-refractivity contribution >= 4 is 5.91 Å². The van der Waals surface area contributed by atoms with Crippen LogP contribution in [0.25, 0.3) is 0 Å². The fourth-order valence-electron chi connectivity index (χ4n) is 2.47. The molecule has 21 heavy (non-hydrogen) atoms. The van der Waals surface area contributed by atoms with Crippen molar-refractivity contribution in [1.29, 1.82) is 5.26 Å². The summed E-state index contributed by atoms with van der Waals surface area (Å²) in [6.45, 7) is 4.82. The number of hydrogen-bond donors (Lipinski definition) is 0. The molecule has 1 aromatic carbocycles. The molecule has 1 fully saturated rings. The summed E-state index contributed by atoms with van der Waals surface area (Å²) in [5, 5.41) is 8.92. The van der Waals surface area contributed by atoms with Gasteiger partial charge in [0.15, 0.2) is 0 Å². The molecule has 5 heteroatoms. The molecule has 1 amide bonds. The first kappa shape index (κ1) is 15.3. The largest absolute Gasteiger partial charge is 0.497 e. The highest BCUT2D eigenvalue weighted by Gasteiger charge is 2.23. The Hall–Kier alpha value is -2.06. The Morgan fingerprint density at radius 1 is 1.29 bits per heavy atom. The van der Waals surface area contributed by atoms with Crippen LogP contribution >= 0.6 is 0 Å². The van der Waals surface area contributed by atoms with E-state index in [1.165, 1.54) is 0 Å². The lowest BCUT2D eigenvalue weighted by Gasteiger charge is -2.36. The second-order valence-electron chi connectivity index (χ2n) is 5.25. The zero-order valence-electron chi connectivity index (χ0n) is 12.6. The number of methoxy groups -OCH3 is 1. The number of ether oxygens (including phenoxy) is 1. The molecule has 0 aromatic heterocycles. The minimum atomic E-state index is -0.0798. The lowest BCUT2D eigenvalue weighted by molar-refractivity contribution is -0.132. The second-order valence-corrected chi connectivity index (χ2v) is 5.25. The molecule has 1 atom stereocenters. The summed E-state index contributed by atoms with van der Waals surface area (Å²) in [4.78, 5) is 16.3. The molecule has 1 heterocycles. The van der Waals surface area contributed by atoms with Gasteiger partial charge in [-0.15, -0.1) is 0 Å². The molecular weight excluding hydrogens is 266 g/mol. The van der Waals surface area contributed by atoms with Crippen LogP contribution in [0.15, 0.2) is 24.3 Å². The Bertz CT molecular complexity index is 513. The molecule has 0 saturated carbocycles. The van der Waals surface area contributed by atoms with E-state index < -0.39 is 0 Å². The van der Waals surface area contributed by atoms with Crippen molar-refractivity contribution in [1.82, 2.24) is 9.80 Å². The Morgan fingerprint density at radius 3 is 2.43 bits per heavy atom. The summed E-state index contributed by atoms with van der Waals surface area (Å²) in [6.07, 6.45) is 0.414. The molecule has 1 aliphatic rings. The monoisotopic (exact) mass is 287 g/mol. The number of nitriles is 1. The molecule has 1 aromatic rings. The molecule has 1 saturated heterocycles. The van der Waals surface area contributed by atoms with Gasteiger partial charge in [0.1, 0.15) is 5.75 Å². The number of nitrogens with zero attached hydrogens (tertiary/aromatic N) is 3. The number of piperazine rings is 1. The maximum absolute atomic E-state index is 12.3. The lowest BCUT2D eigenvalue weighted by atomic mass is 10.1. The van der Waals surface area contributed by atoms with E-state index in [1.54, 1.807) is 7.11 Å². The molecule has 0 bridgehead atoms. The summed E-state index contributed by atoms with van der Waals surface area (Å²) in [6, 6.07) is 9.74. The van der Waals surface area contributed by atoms with Gasteiger partial charge in [0.05, 0.1) is 25.6 Å². The highest BCUT2D eigenvalue weighted by Crippen LogP contribution is 2.13. The number of rotatable bonds is 4. The predicted molar refractivity (Wildman–Crippen MR) is 79.9 cm³/mol. The summed E-state index contributed by atoms with van der Waals surface area (Å²) in [5.74, 6) is 0.940. The van der Waals surface area contributed by atoms with E-state index in [-0.39, 0.29) is 11.9 Å². The van der Waals surface area contributed by atoms with Crippen LogP contribution in [-0.2, 0) is 11.2 Å². The molecular formula is C16H21N3O2. The minimum Gasteiger partial charge on any atom is -0.497 e. The standard InChI is InChI=1S/C16H21N3O2/c1-13(12-17)18-7-9-19(10-8-18)16(20)11-14-3-5-15(21-2)6-4-14/h3-6,13H,7-11H2,1-2H3. The fourth-order valence-corrected chi connectivity index (χ4v) is 2.47. The maximum Gasteiger partial charge on any atom is 0.227 e. The molecule has 0 N–H and O–H groups in total. The van der Waals surface area contributed by atoms with Gasteiger partial charge in [-0.3, -0.25) is 9.69 Å². The number of carbonyl (C=O) groups is 1. The first-order chi connectivity index (χ1) is 10.1. The van der Waals surface area contributed by atoms with Crippen molar-refractivity contribution in [3.63, 3.8) is 0 Å². The van der Waals surface area contributed by atoms with Gasteiger partial charge in [0.25, 0.3) is 0 Å². The van der Waals surface area contributed by atoms with Gasteiger partial charge in [-0.25, -0.2) is 0 Å². The molecule has 112 valence electrons. The van der Waals surface area contributed by atoms with E-state index in [0.717, 1.165) is 24.4 Å². The van der Waals surface area contributed by atoms with Crippen LogP contribution < -0.4 is 4.74 Å². The zero-order valence-corrected chi connectivity index (χ0v) is 12.6. The minimum absolute atomic E-state index is 0.0798. The van der Waals surface area contributed by atoms with Gasteiger partial charge >= 0.3 is 0 Å². The van der Waals surface area contributed by atoms with Crippen molar-refractivity contribution in [2.45, 2.75) is 19.4 Å². The Kier molecular flexibility index (Phi) is 5.18. The first-order valence-electron chi connectivity index (χ1n) is 7.18. The number of benzene rings is 1. The molecule has 0 aliphatic carbocycles. The Morgan fingerprint density at radius 2 is 1.90 bits per heavy atom. The van der Waals surface area contributed by atoms with Gasteiger partial charge in [0, 0.05) is 26.2 Å². The van der Waals surface area contributed by atoms with Crippen LogP contribution in [0.2, 0.25) is 0 Å². The van der Waals surface area contributed by atoms with Crippen molar-refractivity contribution in [3.05, 3.63) is 29.8 Å². The third-order valence-electron chi connectivity index (χ3n) is 3.92. The molecule has 2 rings (SSSR count). The number of carbonyl (C=O) groups excluding carboxylic acids is 1. The lowest BCUT2D eigenvalue weighted by Crippen LogP contribution is -2.51. The van der Waals surface area contributed by atoms with Gasteiger partial charge in [-0.1, -0.05) is 12.1 Å². The molecule has 0 spiro atoms. The molecule has 5 nitrogen and oxygen atoms in total. The van der Waals surface area contributed by atoms with Crippen molar-refractivity contribution in [2.24, 2.45) is 0 Å². The average Bonchev–Trinajstić information content (AvgIpc) is 2.55. The smallest absolute Gasteiger partial charge is 0.227 e. The van der Waals surface area contributed by atoms with E-state index in [4.69, 9.17) is 10.00 Å². The van der Waals surface area contributed by atoms with E-state index in [1.807, 2.05) is 36.1 Å². The molecule has 1 aliphatic heterocycles. The summed E-state index contributed by atoms with van der Waals surface area (Å²) < 4.78 is 5.11. The Labute approximate surface area is 125 Å². The van der Waals surface area contributed by atoms with Gasteiger partial charge in [-0.05, 0) is 24.6 Å². The van der Waals surface area contributed by atoms with Crippen LogP contribution in [0.3, 0.4) is 0 Å². The van der Waals surface area contributed by atoms with Gasteiger partial charge in [0.2, 0.25) is 5.91 Å². The summed E-state index contributed by atoms with van der Waals surface area (Å²) in [7, 11) is 1.63. The van der Waals surface area contributed by atoms with Crippen molar-refractivity contribution in [3.8, 4) is 11.8 Å². The van der Waals surface area contributed by atoms with E-state index in [9.17, 15) is 4.79 Å². The van der Waals surface area contributed by atoms with Crippen molar-refractivity contribution < 1.29 is 9.53 Å². The van der Waals surface area contributed by atoms with Crippen LogP contribution in [0, 0.1) is 11.3 Å². The van der Waals surface area contributed by atoms with E-state index in [2.05, 4.69) is 11.0 Å². The molecule has 0 radical (unpaired) electrons. The van der Waals surface area contributed by atoms with E-state index >= 15 is 0 Å². The van der Waals surface area contributed by atoms with E-state index in [0.29, 0.717) is 19.5 Å². The second kappa shape index (κ2) is 7.09. The van der Waals surface area contributed by atoms with Crippen LogP contribution in [0.5, 0.6) is 5.75 Å². The third kappa shape index (κ3) is 3.96. The van der Waals surface area contributed by atoms with Crippen LogP contribution in [0.1, 0.15) is 12.5 Å². The van der Waals surface area contributed by atoms with Gasteiger partial charge < -0.3 is 9.64 Å². The highest BCUT2D eigenvalue weighted by molar-refractivity contribution is 5.79.